The van der Waals surface area contributed by atoms with Crippen molar-refractivity contribution in [2.75, 3.05) is 252 Å². The van der Waals surface area contributed by atoms with Crippen LogP contribution < -0.4 is 44.9 Å². The van der Waals surface area contributed by atoms with E-state index in [1.54, 1.807) is 0 Å². The first-order chi connectivity index (χ1) is 52.8. The summed E-state index contributed by atoms with van der Waals surface area (Å²) in [5.74, 6) is 3.01. The Labute approximate surface area is 658 Å². The molecular weight excluding hydrogens is 1350 g/mol. The van der Waals surface area contributed by atoms with Crippen LogP contribution in [0.2, 0.25) is 0 Å². The molecule has 15 rings (SSSR count). The first-order valence-electron chi connectivity index (χ1n) is 40.6. The SMILES string of the molecule is Cc1ccc(N2CCCCC2)nc1.Cc1ccc(N2CCCNCC2)cc1.Cc1ccc(N2CCN(C)CC2)cc1.Cc1ccc(N2CCN(C)CC2)cn1.Cc1ccc(NCCN(C)C)cc1.Cc1cccc(N2CCCCC2)c1.Cc1cnc(N2CCN(C)CC2)cn1.Cc1cnc(N2CCN(C)CC2)nc1. The molecule has 11 heterocycles. The standard InChI is InChI=1S/2C12H18N2.C12H17N.C11H17N3.C11H16N2.C11H18N2.2C10H16N4/c1-11-3-5-12(6-4-11)14-9-7-13(2)8-10-14;1-11-3-5-12(6-4-11)14-9-2-7-13-8-10-14;1-11-6-5-7-12(10-11)13-8-3-2-4-9-13;1-10-3-4-11(9-12-10)14-7-5-13(2)6-8-14;1-10-5-6-11(12-9-10)13-7-3-2-4-8-13;1-10-4-6-11(7-5-10)12-8-9-13(2)3;1-9-7-12-10(8-11-9)14-5-3-13(2)4-6-14;1-9-7-11-10(12-8-9)14-5-3-13(2)4-6-14/h3-6H,7-10H2,1-2H3;3-6,13H,2,7-10H2,1H3;5-7,10H,2-4,8-9H2,1H3;3-4,9H,5-8H2,1-2H3;5-6,9H,2-4,7-8H2,1H3;4-7,12H,8-9H2,1-3H3;2*7-8H,3-6H2,1-2H3. The highest BCUT2D eigenvalue weighted by Crippen LogP contribution is 2.23. The second-order valence-electron chi connectivity index (χ2n) is 30.9. The Bertz CT molecular complexity index is 3410. The van der Waals surface area contributed by atoms with Gasteiger partial charge in [0, 0.05) is 211 Å². The van der Waals surface area contributed by atoms with Crippen LogP contribution in [-0.2, 0) is 0 Å². The Hall–Kier alpha value is -8.50. The zero-order valence-corrected chi connectivity index (χ0v) is 69.4. The van der Waals surface area contributed by atoms with Crippen molar-refractivity contribution < 1.29 is 0 Å². The molecule has 2 N–H and O–H groups in total. The smallest absolute Gasteiger partial charge is 0.225 e. The second kappa shape index (κ2) is 47.5. The summed E-state index contributed by atoms with van der Waals surface area (Å²) in [6.45, 7) is 45.8. The molecule has 0 unspecified atom stereocenters. The predicted molar refractivity (Wildman–Crippen MR) is 464 cm³/mol. The third kappa shape index (κ3) is 32.5. The molecular formula is C89H136N20. The summed E-state index contributed by atoms with van der Waals surface area (Å²) in [5, 5.41) is 6.78. The maximum atomic E-state index is 4.43. The summed E-state index contributed by atoms with van der Waals surface area (Å²) in [7, 11) is 12.8. The van der Waals surface area contributed by atoms with E-state index in [9.17, 15) is 0 Å². The predicted octanol–water partition coefficient (Wildman–Crippen LogP) is 13.1. The lowest BCUT2D eigenvalue weighted by Crippen LogP contribution is -2.45. The number of piperazine rings is 4. The number of nitrogens with zero attached hydrogens (tertiary/aromatic N) is 18. The Morgan fingerprint density at radius 3 is 1.23 bits per heavy atom. The van der Waals surface area contributed by atoms with Crippen LogP contribution in [0, 0.1) is 55.4 Å². The minimum atomic E-state index is 0.865. The lowest BCUT2D eigenvalue weighted by molar-refractivity contribution is 0.311. The third-order valence-electron chi connectivity index (χ3n) is 20.8. The summed E-state index contributed by atoms with van der Waals surface area (Å²) in [6, 6.07) is 43.4. The van der Waals surface area contributed by atoms with E-state index in [0.29, 0.717) is 0 Å². The number of rotatable bonds is 11. The highest BCUT2D eigenvalue weighted by Gasteiger charge is 2.20. The number of pyridine rings is 2. The van der Waals surface area contributed by atoms with Crippen LogP contribution in [0.15, 0.2) is 159 Å². The van der Waals surface area contributed by atoms with Crippen LogP contribution in [0.25, 0.3) is 0 Å². The molecule has 8 aromatic rings. The molecule has 20 nitrogen and oxygen atoms in total. The fourth-order valence-corrected chi connectivity index (χ4v) is 13.4. The molecule has 109 heavy (non-hydrogen) atoms. The van der Waals surface area contributed by atoms with Crippen molar-refractivity contribution in [2.45, 2.75) is 100 Å². The molecule has 7 fully saturated rings. The molecule has 592 valence electrons. The van der Waals surface area contributed by atoms with Crippen LogP contribution in [0.4, 0.5) is 46.0 Å². The fraction of sp³-hybridized carbons (Fsp3) is 0.528. The van der Waals surface area contributed by atoms with E-state index in [4.69, 9.17) is 0 Å². The van der Waals surface area contributed by atoms with E-state index >= 15 is 0 Å². The van der Waals surface area contributed by atoms with Crippen molar-refractivity contribution in [2.24, 2.45) is 0 Å². The van der Waals surface area contributed by atoms with Gasteiger partial charge in [-0.2, -0.15) is 0 Å². The molecule has 0 amide bonds. The minimum Gasteiger partial charge on any atom is -0.384 e. The number of aromatic nitrogens is 6. The average molecular weight is 1490 g/mol. The number of anilines is 8. The average Bonchev–Trinajstić information content (AvgIpc) is 1.62. The second-order valence-corrected chi connectivity index (χ2v) is 30.9. The summed E-state index contributed by atoms with van der Waals surface area (Å²) in [5.41, 5.74) is 16.3. The van der Waals surface area contributed by atoms with Crippen molar-refractivity contribution in [3.05, 3.63) is 203 Å². The molecule has 0 spiro atoms. The van der Waals surface area contributed by atoms with Gasteiger partial charge in [-0.05, 0) is 233 Å². The van der Waals surface area contributed by atoms with E-state index < -0.39 is 0 Å². The molecule has 7 aliphatic heterocycles. The Balaban J connectivity index is 0.000000157. The van der Waals surface area contributed by atoms with Gasteiger partial charge in [0.2, 0.25) is 5.95 Å². The molecule has 0 saturated carbocycles. The number of hydrogen-bond donors (Lipinski definition) is 2. The number of aryl methyl sites for hydroxylation is 8. The van der Waals surface area contributed by atoms with Crippen molar-refractivity contribution in [1.29, 1.82) is 0 Å². The van der Waals surface area contributed by atoms with E-state index in [2.05, 4.69) is 298 Å². The van der Waals surface area contributed by atoms with Gasteiger partial charge in [0.1, 0.15) is 11.6 Å². The lowest BCUT2D eigenvalue weighted by Gasteiger charge is -2.34. The van der Waals surface area contributed by atoms with Gasteiger partial charge < -0.3 is 69.4 Å². The largest absolute Gasteiger partial charge is 0.384 e. The highest BCUT2D eigenvalue weighted by molar-refractivity contribution is 5.51. The molecule has 7 saturated heterocycles. The maximum Gasteiger partial charge on any atom is 0.225 e. The van der Waals surface area contributed by atoms with Gasteiger partial charge in [-0.1, -0.05) is 71.3 Å². The quantitative estimate of drug-likeness (QED) is 0.127. The maximum absolute atomic E-state index is 4.43. The van der Waals surface area contributed by atoms with E-state index in [-0.39, 0.29) is 0 Å². The van der Waals surface area contributed by atoms with Crippen LogP contribution in [0.3, 0.4) is 0 Å². The monoisotopic (exact) mass is 1490 g/mol. The highest BCUT2D eigenvalue weighted by atomic mass is 15.3. The topological polar surface area (TPSA) is 140 Å². The van der Waals surface area contributed by atoms with Gasteiger partial charge in [0.15, 0.2) is 0 Å². The fourth-order valence-electron chi connectivity index (χ4n) is 13.4. The van der Waals surface area contributed by atoms with Crippen molar-refractivity contribution in [3.8, 4) is 0 Å². The third-order valence-corrected chi connectivity index (χ3v) is 20.8. The first-order valence-corrected chi connectivity index (χ1v) is 40.6. The van der Waals surface area contributed by atoms with Crippen LogP contribution in [0.5, 0.6) is 0 Å². The van der Waals surface area contributed by atoms with Gasteiger partial charge in [-0.25, -0.2) is 19.9 Å². The summed E-state index contributed by atoms with van der Waals surface area (Å²) >= 11 is 0. The number of piperidine rings is 2. The van der Waals surface area contributed by atoms with Gasteiger partial charge in [0.25, 0.3) is 0 Å². The molecule has 7 aliphatic rings. The molecule has 0 radical (unpaired) electrons. The van der Waals surface area contributed by atoms with Crippen molar-refractivity contribution in [1.82, 2.24) is 59.7 Å². The summed E-state index contributed by atoms with van der Waals surface area (Å²) in [6.07, 6.45) is 20.7. The van der Waals surface area contributed by atoms with Crippen LogP contribution >= 0.6 is 0 Å². The number of benzene rings is 4. The van der Waals surface area contributed by atoms with Gasteiger partial charge in [-0.15, -0.1) is 0 Å². The normalized spacial score (nSPS) is 17.3. The number of nitrogens with one attached hydrogen (secondary N) is 2. The number of hydrogen-bond acceptors (Lipinski definition) is 20. The molecule has 0 aliphatic carbocycles. The van der Waals surface area contributed by atoms with Gasteiger partial charge in [-0.3, -0.25) is 9.97 Å². The zero-order chi connectivity index (χ0) is 77.5. The Morgan fingerprint density at radius 1 is 0.312 bits per heavy atom. The van der Waals surface area contributed by atoms with E-state index in [0.717, 1.165) is 159 Å². The summed E-state index contributed by atoms with van der Waals surface area (Å²) in [4.78, 5) is 54.3. The van der Waals surface area contributed by atoms with E-state index in [1.807, 2.05) is 58.0 Å². The Kier molecular flexibility index (Phi) is 37.6. The number of likely N-dealkylation sites (N-methyl/N-ethyl adjacent to an activating group) is 5. The van der Waals surface area contributed by atoms with Crippen molar-refractivity contribution >= 4 is 46.0 Å². The van der Waals surface area contributed by atoms with Gasteiger partial charge in [0.05, 0.1) is 30.0 Å². The summed E-state index contributed by atoms with van der Waals surface area (Å²) < 4.78 is 0. The molecule has 4 aromatic carbocycles. The van der Waals surface area contributed by atoms with Gasteiger partial charge >= 0.3 is 0 Å². The lowest BCUT2D eigenvalue weighted by atomic mass is 10.1. The van der Waals surface area contributed by atoms with Crippen LogP contribution in [0.1, 0.15) is 89.7 Å². The van der Waals surface area contributed by atoms with Crippen molar-refractivity contribution in [3.63, 3.8) is 0 Å². The van der Waals surface area contributed by atoms with E-state index in [1.165, 1.54) is 147 Å². The minimum absolute atomic E-state index is 0.865. The Morgan fingerprint density at radius 2 is 0.743 bits per heavy atom. The molecule has 4 aromatic heterocycles. The molecule has 0 atom stereocenters. The first kappa shape index (κ1) is 86.1. The molecule has 20 heteroatoms. The van der Waals surface area contributed by atoms with Crippen LogP contribution in [-0.4, -0.2) is 267 Å². The zero-order valence-electron chi connectivity index (χ0n) is 69.4. The molecule has 0 bridgehead atoms.